The number of hydrogen-bond acceptors (Lipinski definition) is 1. The van der Waals surface area contributed by atoms with E-state index in [4.69, 9.17) is 0 Å². The molecule has 0 atom stereocenters. The second kappa shape index (κ2) is 7.09. The molecule has 2 aromatic carbocycles. The van der Waals surface area contributed by atoms with E-state index in [0.29, 0.717) is 6.54 Å². The third-order valence-electron chi connectivity index (χ3n) is 3.01. The fraction of sp³-hybridized carbons (Fsp3) is 0.176. The van der Waals surface area contributed by atoms with Crippen LogP contribution in [-0.4, -0.2) is 6.54 Å². The Morgan fingerprint density at radius 2 is 1.57 bits per heavy atom. The molecule has 0 aromatic heterocycles. The van der Waals surface area contributed by atoms with E-state index in [2.05, 4.69) is 5.32 Å². The van der Waals surface area contributed by atoms with Crippen molar-refractivity contribution < 1.29 is 13.2 Å². The van der Waals surface area contributed by atoms with Crippen LogP contribution in [0.4, 0.5) is 13.2 Å². The number of nitrogens with one attached hydrogen (secondary N) is 1. The molecule has 0 bridgehead atoms. The average molecular weight is 291 g/mol. The molecule has 21 heavy (non-hydrogen) atoms. The van der Waals surface area contributed by atoms with Crippen molar-refractivity contribution >= 4 is 6.08 Å². The first-order chi connectivity index (χ1) is 10.1. The maximum absolute atomic E-state index is 12.8. The summed E-state index contributed by atoms with van der Waals surface area (Å²) in [7, 11) is 0. The molecule has 0 aliphatic carbocycles. The van der Waals surface area contributed by atoms with Crippen molar-refractivity contribution in [2.45, 2.75) is 12.7 Å². The number of benzene rings is 2. The molecule has 1 nitrogen and oxygen atoms in total. The molecule has 0 amide bonds. The summed E-state index contributed by atoms with van der Waals surface area (Å²) in [5.41, 5.74) is 0.748. The van der Waals surface area contributed by atoms with Crippen LogP contribution in [-0.2, 0) is 12.7 Å². The summed E-state index contributed by atoms with van der Waals surface area (Å²) in [6.45, 7) is 0.704. The summed E-state index contributed by atoms with van der Waals surface area (Å²) in [4.78, 5) is 0. The van der Waals surface area contributed by atoms with Gasteiger partial charge in [-0.2, -0.15) is 13.2 Å². The van der Waals surface area contributed by atoms with Crippen LogP contribution in [0.3, 0.4) is 0 Å². The molecule has 0 spiro atoms. The highest BCUT2D eigenvalue weighted by atomic mass is 19.4. The van der Waals surface area contributed by atoms with Gasteiger partial charge in [0.25, 0.3) is 0 Å². The van der Waals surface area contributed by atoms with E-state index < -0.39 is 11.7 Å². The lowest BCUT2D eigenvalue weighted by Gasteiger charge is -2.12. The van der Waals surface area contributed by atoms with E-state index >= 15 is 0 Å². The maximum atomic E-state index is 12.8. The molecule has 0 saturated carbocycles. The van der Waals surface area contributed by atoms with Gasteiger partial charge in [0.05, 0.1) is 5.56 Å². The smallest absolute Gasteiger partial charge is 0.309 e. The van der Waals surface area contributed by atoms with Crippen molar-refractivity contribution in [1.29, 1.82) is 0 Å². The van der Waals surface area contributed by atoms with Gasteiger partial charge in [0.1, 0.15) is 0 Å². The van der Waals surface area contributed by atoms with Crippen LogP contribution in [0.5, 0.6) is 0 Å². The molecule has 0 fully saturated rings. The predicted molar refractivity (Wildman–Crippen MR) is 78.6 cm³/mol. The summed E-state index contributed by atoms with van der Waals surface area (Å²) in [6, 6.07) is 15.4. The highest BCUT2D eigenvalue weighted by Gasteiger charge is 2.32. The van der Waals surface area contributed by atoms with Crippen molar-refractivity contribution in [2.75, 3.05) is 6.54 Å². The fourth-order valence-electron chi connectivity index (χ4n) is 2.00. The first-order valence-electron chi connectivity index (χ1n) is 6.65. The third-order valence-corrected chi connectivity index (χ3v) is 3.01. The van der Waals surface area contributed by atoms with Crippen molar-refractivity contribution in [1.82, 2.24) is 5.32 Å². The lowest BCUT2D eigenvalue weighted by molar-refractivity contribution is -0.138. The molecule has 0 aliphatic heterocycles. The summed E-state index contributed by atoms with van der Waals surface area (Å²) in [5, 5.41) is 3.00. The Morgan fingerprint density at radius 1 is 0.905 bits per heavy atom. The molecular formula is C17H16F3N. The minimum atomic E-state index is -4.31. The highest BCUT2D eigenvalue weighted by molar-refractivity contribution is 5.48. The molecule has 2 rings (SSSR count). The van der Waals surface area contributed by atoms with Crippen LogP contribution >= 0.6 is 0 Å². The number of rotatable bonds is 5. The normalized spacial score (nSPS) is 12.0. The minimum absolute atomic E-state index is 0.189. The van der Waals surface area contributed by atoms with Crippen molar-refractivity contribution in [3.8, 4) is 0 Å². The van der Waals surface area contributed by atoms with Crippen LogP contribution in [0.2, 0.25) is 0 Å². The first-order valence-corrected chi connectivity index (χ1v) is 6.65. The Kier molecular flexibility index (Phi) is 5.17. The Labute approximate surface area is 122 Å². The molecule has 0 unspecified atom stereocenters. The molecule has 1 N–H and O–H groups in total. The van der Waals surface area contributed by atoms with E-state index in [1.807, 2.05) is 42.5 Å². The van der Waals surface area contributed by atoms with E-state index in [-0.39, 0.29) is 12.1 Å². The standard InChI is InChI=1S/C17H16F3N/c18-17(19,20)16-11-5-4-10-15(16)13-21-12-6-9-14-7-2-1-3-8-14/h1-11,21H,12-13H2. The molecule has 0 saturated heterocycles. The minimum Gasteiger partial charge on any atom is -0.309 e. The van der Waals surface area contributed by atoms with Gasteiger partial charge >= 0.3 is 6.18 Å². The maximum Gasteiger partial charge on any atom is 0.416 e. The molecule has 2 aromatic rings. The van der Waals surface area contributed by atoms with Gasteiger partial charge in [-0.15, -0.1) is 0 Å². The van der Waals surface area contributed by atoms with Crippen LogP contribution in [0.25, 0.3) is 6.08 Å². The van der Waals surface area contributed by atoms with Crippen LogP contribution in [0, 0.1) is 0 Å². The number of alkyl halides is 3. The molecule has 0 heterocycles. The summed E-state index contributed by atoms with van der Waals surface area (Å²) in [5.74, 6) is 0. The average Bonchev–Trinajstić information content (AvgIpc) is 2.47. The fourth-order valence-corrected chi connectivity index (χ4v) is 2.00. The van der Waals surface area contributed by atoms with Gasteiger partial charge in [0, 0.05) is 13.1 Å². The topological polar surface area (TPSA) is 12.0 Å². The monoisotopic (exact) mass is 291 g/mol. The van der Waals surface area contributed by atoms with Crippen molar-refractivity contribution in [3.05, 3.63) is 77.4 Å². The lowest BCUT2D eigenvalue weighted by atomic mass is 10.1. The van der Waals surface area contributed by atoms with E-state index in [9.17, 15) is 13.2 Å². The number of hydrogen-bond donors (Lipinski definition) is 1. The van der Waals surface area contributed by atoms with Gasteiger partial charge in [-0.1, -0.05) is 60.7 Å². The highest BCUT2D eigenvalue weighted by Crippen LogP contribution is 2.31. The summed E-state index contributed by atoms with van der Waals surface area (Å²) < 4.78 is 38.4. The molecule has 4 heteroatoms. The molecule has 110 valence electrons. The zero-order valence-electron chi connectivity index (χ0n) is 11.4. The Balaban J connectivity index is 1.88. The molecule has 0 aliphatic rings. The molecular weight excluding hydrogens is 275 g/mol. The van der Waals surface area contributed by atoms with Crippen LogP contribution < -0.4 is 5.32 Å². The van der Waals surface area contributed by atoms with Gasteiger partial charge in [0.15, 0.2) is 0 Å². The zero-order valence-corrected chi connectivity index (χ0v) is 11.4. The Morgan fingerprint density at radius 3 is 2.29 bits per heavy atom. The summed E-state index contributed by atoms with van der Waals surface area (Å²) in [6.07, 6.45) is -0.480. The van der Waals surface area contributed by atoms with Crippen LogP contribution in [0.1, 0.15) is 16.7 Å². The third kappa shape index (κ3) is 4.76. The van der Waals surface area contributed by atoms with Gasteiger partial charge in [0.2, 0.25) is 0 Å². The number of halogens is 3. The second-order valence-electron chi connectivity index (χ2n) is 4.60. The SMILES string of the molecule is FC(F)(F)c1ccccc1CNCC=Cc1ccccc1. The van der Waals surface area contributed by atoms with Gasteiger partial charge in [-0.3, -0.25) is 0 Å². The van der Waals surface area contributed by atoms with Gasteiger partial charge in [-0.05, 0) is 17.2 Å². The predicted octanol–water partition coefficient (Wildman–Crippen LogP) is 4.51. The van der Waals surface area contributed by atoms with Gasteiger partial charge < -0.3 is 5.32 Å². The quantitative estimate of drug-likeness (QED) is 0.799. The summed E-state index contributed by atoms with van der Waals surface area (Å²) >= 11 is 0. The van der Waals surface area contributed by atoms with E-state index in [1.165, 1.54) is 12.1 Å². The van der Waals surface area contributed by atoms with E-state index in [1.54, 1.807) is 6.07 Å². The van der Waals surface area contributed by atoms with Crippen molar-refractivity contribution in [3.63, 3.8) is 0 Å². The van der Waals surface area contributed by atoms with Crippen molar-refractivity contribution in [2.24, 2.45) is 0 Å². The zero-order chi connectivity index (χ0) is 15.1. The Bertz CT molecular complexity index is 588. The first kappa shape index (κ1) is 15.3. The second-order valence-corrected chi connectivity index (χ2v) is 4.60. The van der Waals surface area contributed by atoms with Gasteiger partial charge in [-0.25, -0.2) is 0 Å². The largest absolute Gasteiger partial charge is 0.416 e. The molecule has 0 radical (unpaired) electrons. The van der Waals surface area contributed by atoms with E-state index in [0.717, 1.165) is 11.6 Å². The Hall–Kier alpha value is -2.07. The lowest BCUT2D eigenvalue weighted by Crippen LogP contribution is -2.17. The van der Waals surface area contributed by atoms with Crippen LogP contribution in [0.15, 0.2) is 60.7 Å².